The molecule has 0 bridgehead atoms. The van der Waals surface area contributed by atoms with Crippen LogP contribution in [0.25, 0.3) is 10.4 Å². The molecule has 6 atom stereocenters. The Labute approximate surface area is 181 Å². The van der Waals surface area contributed by atoms with Crippen molar-refractivity contribution in [2.75, 3.05) is 12.3 Å². The van der Waals surface area contributed by atoms with Crippen molar-refractivity contribution in [2.24, 2.45) is 5.11 Å². The lowest BCUT2D eigenvalue weighted by atomic mass is 9.92. The maximum atomic E-state index is 15.4. The number of nitrogens with two attached hydrogens (primary N) is 1. The highest BCUT2D eigenvalue weighted by atomic mass is 31.3. The molecular formula is C10H16FN6O13P3. The van der Waals surface area contributed by atoms with Crippen LogP contribution in [0.2, 0.25) is 0 Å². The fraction of sp³-hybridized carbons (Fsp3) is 0.600. The van der Waals surface area contributed by atoms with Crippen molar-refractivity contribution < 1.29 is 60.6 Å². The van der Waals surface area contributed by atoms with E-state index in [0.29, 0.717) is 4.57 Å². The Balaban J connectivity index is 2.32. The zero-order valence-electron chi connectivity index (χ0n) is 16.1. The standard InChI is InChI=1S/C10H16FN6O13P3/c1-9(15-16-13)6(18)10(11,28-7(9)17-3-2-5(12)14-8(17)19)4-27-32(23,24)30-33(25,26)29-31(20,21)22/h2-3,6-7,18H,4H2,1H3,(H,23,24)(H,25,26)(H2,12,14,19)(H2,20,21,22)/t6-,7+,9+,10+/m0/s1. The van der Waals surface area contributed by atoms with Crippen molar-refractivity contribution in [3.05, 3.63) is 33.2 Å². The molecule has 2 rings (SSSR count). The van der Waals surface area contributed by atoms with Crippen molar-refractivity contribution in [3.8, 4) is 0 Å². The van der Waals surface area contributed by atoms with Crippen LogP contribution in [0.3, 0.4) is 0 Å². The van der Waals surface area contributed by atoms with Crippen LogP contribution in [-0.4, -0.2) is 58.3 Å². The molecule has 0 saturated carbocycles. The first-order chi connectivity index (χ1) is 14.8. The monoisotopic (exact) mass is 540 g/mol. The first kappa shape index (κ1) is 27.5. The van der Waals surface area contributed by atoms with Gasteiger partial charge in [-0.15, -0.1) is 0 Å². The number of aliphatic hydroxyl groups is 1. The number of nitrogens with zero attached hydrogens (tertiary/aromatic N) is 5. The second kappa shape index (κ2) is 9.13. The molecule has 0 amide bonds. The number of halogens is 1. The molecular weight excluding hydrogens is 524 g/mol. The van der Waals surface area contributed by atoms with E-state index < -0.39 is 59.5 Å². The highest BCUT2D eigenvalue weighted by Crippen LogP contribution is 2.66. The van der Waals surface area contributed by atoms with Gasteiger partial charge in [-0.25, -0.2) is 22.9 Å². The summed E-state index contributed by atoms with van der Waals surface area (Å²) in [6.45, 7) is -0.793. The van der Waals surface area contributed by atoms with Gasteiger partial charge in [0.25, 0.3) is 5.85 Å². The van der Waals surface area contributed by atoms with Crippen LogP contribution >= 0.6 is 23.5 Å². The second-order valence-electron chi connectivity index (χ2n) is 6.48. The molecule has 1 saturated heterocycles. The minimum atomic E-state index is -5.90. The maximum absolute atomic E-state index is 15.4. The van der Waals surface area contributed by atoms with E-state index in [1.807, 2.05) is 0 Å². The number of hydrogen-bond acceptors (Lipinski definition) is 12. The van der Waals surface area contributed by atoms with Crippen LogP contribution in [0.1, 0.15) is 13.2 Å². The molecule has 0 aromatic carbocycles. The van der Waals surface area contributed by atoms with Gasteiger partial charge in [-0.3, -0.25) is 9.09 Å². The Kier molecular flexibility index (Phi) is 7.60. The van der Waals surface area contributed by atoms with E-state index in [4.69, 9.17) is 30.7 Å². The third kappa shape index (κ3) is 6.44. The molecule has 2 heterocycles. The molecule has 1 aromatic heterocycles. The molecule has 33 heavy (non-hydrogen) atoms. The lowest BCUT2D eigenvalue weighted by Crippen LogP contribution is -2.48. The summed E-state index contributed by atoms with van der Waals surface area (Å²) in [7, 11) is -17.4. The van der Waals surface area contributed by atoms with Gasteiger partial charge in [-0.05, 0) is 18.5 Å². The molecule has 186 valence electrons. The summed E-state index contributed by atoms with van der Waals surface area (Å²) in [4.78, 5) is 53.5. The normalized spacial score (nSPS) is 31.4. The molecule has 1 fully saturated rings. The Morgan fingerprint density at radius 2 is 1.94 bits per heavy atom. The molecule has 1 aromatic rings. The summed E-state index contributed by atoms with van der Waals surface area (Å²) in [5.41, 5.74) is 10.8. The Morgan fingerprint density at radius 1 is 1.33 bits per heavy atom. The van der Waals surface area contributed by atoms with Crippen molar-refractivity contribution in [1.29, 1.82) is 0 Å². The van der Waals surface area contributed by atoms with Gasteiger partial charge in [0.2, 0.25) is 0 Å². The molecule has 2 unspecified atom stereocenters. The zero-order valence-corrected chi connectivity index (χ0v) is 18.7. The average Bonchev–Trinajstić information content (AvgIpc) is 2.80. The van der Waals surface area contributed by atoms with E-state index in [0.717, 1.165) is 19.2 Å². The summed E-state index contributed by atoms with van der Waals surface area (Å²) in [6, 6.07) is 1.08. The molecule has 0 radical (unpaired) electrons. The van der Waals surface area contributed by atoms with Crippen molar-refractivity contribution in [2.45, 2.75) is 30.6 Å². The molecule has 1 aliphatic rings. The lowest BCUT2D eigenvalue weighted by molar-refractivity contribution is -0.204. The summed E-state index contributed by atoms with van der Waals surface area (Å²) in [5, 5.41) is 13.6. The van der Waals surface area contributed by atoms with Gasteiger partial charge in [0, 0.05) is 11.1 Å². The molecule has 0 spiro atoms. The van der Waals surface area contributed by atoms with Crippen molar-refractivity contribution in [1.82, 2.24) is 9.55 Å². The Hall–Kier alpha value is -1.75. The number of phosphoric ester groups is 1. The van der Waals surface area contributed by atoms with Gasteiger partial charge in [0.15, 0.2) is 6.23 Å². The summed E-state index contributed by atoms with van der Waals surface area (Å²) in [5.74, 6) is -3.75. The minimum absolute atomic E-state index is 0.237. The first-order valence-electron chi connectivity index (χ1n) is 8.08. The number of hydrogen-bond donors (Lipinski definition) is 6. The van der Waals surface area contributed by atoms with Crippen LogP contribution in [0, 0.1) is 0 Å². The number of azide groups is 1. The van der Waals surface area contributed by atoms with Crippen molar-refractivity contribution >= 4 is 29.3 Å². The number of rotatable bonds is 9. The van der Waals surface area contributed by atoms with E-state index in [1.54, 1.807) is 0 Å². The highest BCUT2D eigenvalue weighted by molar-refractivity contribution is 7.66. The van der Waals surface area contributed by atoms with Gasteiger partial charge in [-0.1, -0.05) is 5.11 Å². The Bertz CT molecular complexity index is 1170. The number of aliphatic hydroxyl groups excluding tert-OH is 1. The quantitative estimate of drug-likeness (QED) is 0.102. The molecule has 7 N–H and O–H groups in total. The third-order valence-electron chi connectivity index (χ3n) is 3.97. The second-order valence-corrected chi connectivity index (χ2v) is 10.9. The average molecular weight is 540 g/mol. The molecule has 19 nitrogen and oxygen atoms in total. The van der Waals surface area contributed by atoms with E-state index in [9.17, 15) is 28.5 Å². The third-order valence-corrected chi connectivity index (χ3v) is 7.76. The maximum Gasteiger partial charge on any atom is 0.490 e. The summed E-state index contributed by atoms with van der Waals surface area (Å²) >= 11 is 0. The number of anilines is 1. The van der Waals surface area contributed by atoms with Gasteiger partial charge in [0.05, 0.1) is 0 Å². The van der Waals surface area contributed by atoms with Gasteiger partial charge in [-0.2, -0.15) is 13.6 Å². The van der Waals surface area contributed by atoms with Gasteiger partial charge < -0.3 is 35.2 Å². The predicted molar refractivity (Wildman–Crippen MR) is 100 cm³/mol. The fourth-order valence-electron chi connectivity index (χ4n) is 2.67. The van der Waals surface area contributed by atoms with E-state index in [1.165, 1.54) is 0 Å². The Morgan fingerprint density at radius 3 is 2.45 bits per heavy atom. The van der Waals surface area contributed by atoms with Crippen molar-refractivity contribution in [3.63, 3.8) is 0 Å². The summed E-state index contributed by atoms with van der Waals surface area (Å²) in [6.07, 6.45) is -3.43. The van der Waals surface area contributed by atoms with E-state index in [-0.39, 0.29) is 5.82 Å². The van der Waals surface area contributed by atoms with Crippen LogP contribution < -0.4 is 11.4 Å². The smallest absolute Gasteiger partial charge is 0.386 e. The first-order valence-corrected chi connectivity index (χ1v) is 12.6. The summed E-state index contributed by atoms with van der Waals surface area (Å²) < 4.78 is 65.8. The number of aromatic nitrogens is 2. The van der Waals surface area contributed by atoms with Crippen LogP contribution in [0.15, 0.2) is 22.2 Å². The topological polar surface area (TPSA) is 299 Å². The van der Waals surface area contributed by atoms with E-state index in [2.05, 4.69) is 28.2 Å². The van der Waals surface area contributed by atoms with Gasteiger partial charge in [0.1, 0.15) is 24.1 Å². The molecule has 0 aliphatic carbocycles. The number of ether oxygens (including phenoxy) is 1. The molecule has 1 aliphatic heterocycles. The number of phosphoric acid groups is 3. The number of alkyl halides is 1. The fourth-order valence-corrected chi connectivity index (χ4v) is 5.70. The van der Waals surface area contributed by atoms with Gasteiger partial charge >= 0.3 is 29.2 Å². The SMILES string of the molecule is C[C@]1(N=[N+]=[N-])[C@H](n2ccc(N)nc2=O)O[C@](F)(COP(=O)(O)OP(=O)(O)OP(=O)(O)O)[C@H]1O. The van der Waals surface area contributed by atoms with Crippen LogP contribution in [-0.2, 0) is 31.6 Å². The van der Waals surface area contributed by atoms with Crippen LogP contribution in [0.4, 0.5) is 10.2 Å². The largest absolute Gasteiger partial charge is 0.490 e. The number of nitrogen functional groups attached to an aromatic ring is 1. The zero-order chi connectivity index (χ0) is 25.5. The lowest BCUT2D eigenvalue weighted by Gasteiger charge is -2.28. The minimum Gasteiger partial charge on any atom is -0.386 e. The molecule has 23 heteroatoms. The highest BCUT2D eigenvalue weighted by Gasteiger charge is 2.64. The van der Waals surface area contributed by atoms with Crippen LogP contribution in [0.5, 0.6) is 0 Å². The predicted octanol–water partition coefficient (Wildman–Crippen LogP) is -0.207. The van der Waals surface area contributed by atoms with E-state index >= 15 is 4.39 Å².